The van der Waals surface area contributed by atoms with Gasteiger partial charge >= 0.3 is 0 Å². The van der Waals surface area contributed by atoms with Crippen molar-refractivity contribution >= 4 is 76.1 Å². The maximum absolute atomic E-state index is 6.51. The van der Waals surface area contributed by atoms with Crippen LogP contribution < -0.4 is 0 Å². The molecule has 3 heterocycles. The molecule has 0 unspecified atom stereocenters. The topological polar surface area (TPSA) is 38.9 Å². The Hall–Kier alpha value is -6.06. The van der Waals surface area contributed by atoms with E-state index in [4.69, 9.17) is 9.40 Å². The van der Waals surface area contributed by atoms with Crippen LogP contribution in [0, 0.1) is 0 Å². The first-order chi connectivity index (χ1) is 22.3. The Morgan fingerprint density at radius 2 is 0.911 bits per heavy atom. The van der Waals surface area contributed by atoms with Gasteiger partial charge in [-0.25, -0.2) is 4.98 Å². The molecule has 0 N–H and O–H groups in total. The standard InChI is InChI=1S/C42H24N2O/c1-2-9-32-30(7-1)31-8-3-4-10-33(31)37-22-27(13-17-34(32)37)28-14-18-35-36-19-15-29(24-40(36)45-39(35)23-28)38-20-16-26-12-11-25-6-5-21-43-41(25)42(26)44-38/h1-24H. The van der Waals surface area contributed by atoms with Crippen LogP contribution in [0.4, 0.5) is 0 Å². The highest BCUT2D eigenvalue weighted by molar-refractivity contribution is 6.25. The second-order valence-corrected chi connectivity index (χ2v) is 11.8. The zero-order chi connectivity index (χ0) is 29.5. The van der Waals surface area contributed by atoms with E-state index in [9.17, 15) is 0 Å². The van der Waals surface area contributed by atoms with Crippen LogP contribution >= 0.6 is 0 Å². The molecule has 0 fully saturated rings. The van der Waals surface area contributed by atoms with Crippen molar-refractivity contribution in [3.63, 3.8) is 0 Å². The first-order valence-electron chi connectivity index (χ1n) is 15.2. The highest BCUT2D eigenvalue weighted by atomic mass is 16.3. The minimum Gasteiger partial charge on any atom is -0.456 e. The van der Waals surface area contributed by atoms with Gasteiger partial charge in [0.15, 0.2) is 0 Å². The van der Waals surface area contributed by atoms with Gasteiger partial charge in [-0.1, -0.05) is 97.1 Å². The number of hydrogen-bond donors (Lipinski definition) is 0. The highest BCUT2D eigenvalue weighted by Gasteiger charge is 2.14. The lowest BCUT2D eigenvalue weighted by molar-refractivity contribution is 0.669. The first kappa shape index (κ1) is 24.4. The smallest absolute Gasteiger partial charge is 0.136 e. The van der Waals surface area contributed by atoms with E-state index in [1.54, 1.807) is 0 Å². The maximum Gasteiger partial charge on any atom is 0.136 e. The third-order valence-corrected chi connectivity index (χ3v) is 9.28. The van der Waals surface area contributed by atoms with Crippen molar-refractivity contribution in [2.75, 3.05) is 0 Å². The summed E-state index contributed by atoms with van der Waals surface area (Å²) in [7, 11) is 0. The van der Waals surface area contributed by atoms with Crippen LogP contribution in [0.5, 0.6) is 0 Å². The average molecular weight is 573 g/mol. The van der Waals surface area contributed by atoms with Crippen molar-refractivity contribution in [1.29, 1.82) is 0 Å². The largest absolute Gasteiger partial charge is 0.456 e. The molecule has 3 aromatic heterocycles. The quantitative estimate of drug-likeness (QED) is 0.193. The molecular weight excluding hydrogens is 548 g/mol. The van der Waals surface area contributed by atoms with Crippen LogP contribution in [0.1, 0.15) is 0 Å². The second-order valence-electron chi connectivity index (χ2n) is 11.8. The summed E-state index contributed by atoms with van der Waals surface area (Å²) >= 11 is 0. The molecule has 0 radical (unpaired) electrons. The van der Waals surface area contributed by atoms with Gasteiger partial charge in [-0.15, -0.1) is 0 Å². The fourth-order valence-corrected chi connectivity index (χ4v) is 7.09. The van der Waals surface area contributed by atoms with Gasteiger partial charge in [0.25, 0.3) is 0 Å². The van der Waals surface area contributed by atoms with Gasteiger partial charge in [0.1, 0.15) is 11.2 Å². The summed E-state index contributed by atoms with van der Waals surface area (Å²) in [6.45, 7) is 0. The monoisotopic (exact) mass is 572 g/mol. The molecule has 0 aliphatic rings. The summed E-state index contributed by atoms with van der Waals surface area (Å²) in [4.78, 5) is 9.67. The van der Waals surface area contributed by atoms with Gasteiger partial charge in [0, 0.05) is 33.3 Å². The van der Waals surface area contributed by atoms with Crippen LogP contribution in [0.2, 0.25) is 0 Å². The maximum atomic E-state index is 6.51. The molecule has 0 atom stereocenters. The van der Waals surface area contributed by atoms with Crippen molar-refractivity contribution in [2.24, 2.45) is 0 Å². The third kappa shape index (κ3) is 3.65. The molecule has 3 nitrogen and oxygen atoms in total. The summed E-state index contributed by atoms with van der Waals surface area (Å²) in [5.41, 5.74) is 7.80. The molecule has 0 saturated carbocycles. The Bertz CT molecular complexity index is 2790. The van der Waals surface area contributed by atoms with E-state index in [0.29, 0.717) is 0 Å². The fourth-order valence-electron chi connectivity index (χ4n) is 7.09. The minimum absolute atomic E-state index is 0.855. The molecule has 0 spiro atoms. The molecule has 0 aliphatic heterocycles. The van der Waals surface area contributed by atoms with Crippen LogP contribution in [-0.2, 0) is 0 Å². The molecule has 7 aromatic carbocycles. The lowest BCUT2D eigenvalue weighted by atomic mass is 9.92. The fraction of sp³-hybridized carbons (Fsp3) is 0. The van der Waals surface area contributed by atoms with E-state index in [-0.39, 0.29) is 0 Å². The third-order valence-electron chi connectivity index (χ3n) is 9.28. The Morgan fingerprint density at radius 3 is 1.62 bits per heavy atom. The van der Waals surface area contributed by atoms with E-state index in [1.807, 2.05) is 12.3 Å². The summed E-state index contributed by atoms with van der Waals surface area (Å²) in [5.74, 6) is 0. The molecule has 0 aliphatic carbocycles. The molecule has 0 saturated heterocycles. The Kier molecular flexibility index (Phi) is 5.00. The molecule has 10 rings (SSSR count). The van der Waals surface area contributed by atoms with Crippen molar-refractivity contribution in [1.82, 2.24) is 9.97 Å². The van der Waals surface area contributed by atoms with Crippen LogP contribution in [0.25, 0.3) is 98.4 Å². The minimum atomic E-state index is 0.855. The molecule has 0 amide bonds. The molecular formula is C42H24N2O. The molecule has 3 heteroatoms. The molecule has 45 heavy (non-hydrogen) atoms. The van der Waals surface area contributed by atoms with Crippen LogP contribution in [-0.4, -0.2) is 9.97 Å². The molecule has 10 aromatic rings. The van der Waals surface area contributed by atoms with Gasteiger partial charge in [-0.05, 0) is 85.9 Å². The van der Waals surface area contributed by atoms with Gasteiger partial charge in [0.05, 0.1) is 16.7 Å². The van der Waals surface area contributed by atoms with E-state index in [0.717, 1.165) is 60.6 Å². The van der Waals surface area contributed by atoms with Gasteiger partial charge in [-0.3, -0.25) is 4.98 Å². The number of nitrogens with zero attached hydrogens (tertiary/aromatic N) is 2. The van der Waals surface area contributed by atoms with Crippen molar-refractivity contribution < 1.29 is 4.42 Å². The number of fused-ring (bicyclic) bond motifs is 12. The van der Waals surface area contributed by atoms with E-state index in [2.05, 4.69) is 138 Å². The van der Waals surface area contributed by atoms with Crippen LogP contribution in [0.15, 0.2) is 150 Å². The predicted octanol–water partition coefficient (Wildman–Crippen LogP) is 11.5. The Balaban J connectivity index is 1.10. The van der Waals surface area contributed by atoms with Gasteiger partial charge < -0.3 is 4.42 Å². The predicted molar refractivity (Wildman–Crippen MR) is 188 cm³/mol. The zero-order valence-corrected chi connectivity index (χ0v) is 24.2. The summed E-state index contributed by atoms with van der Waals surface area (Å²) < 4.78 is 6.51. The number of benzene rings is 7. The van der Waals surface area contributed by atoms with Gasteiger partial charge in [-0.2, -0.15) is 0 Å². The van der Waals surface area contributed by atoms with E-state index < -0.39 is 0 Å². The highest BCUT2D eigenvalue weighted by Crippen LogP contribution is 2.39. The molecule has 208 valence electrons. The number of aromatic nitrogens is 2. The zero-order valence-electron chi connectivity index (χ0n) is 24.2. The second kappa shape index (κ2) is 9.22. The molecule has 0 bridgehead atoms. The number of furan rings is 1. The lowest BCUT2D eigenvalue weighted by Gasteiger charge is -2.12. The lowest BCUT2D eigenvalue weighted by Crippen LogP contribution is -1.88. The van der Waals surface area contributed by atoms with Crippen LogP contribution in [0.3, 0.4) is 0 Å². The number of hydrogen-bond acceptors (Lipinski definition) is 3. The van der Waals surface area contributed by atoms with E-state index in [1.165, 1.54) is 37.9 Å². The summed E-state index contributed by atoms with van der Waals surface area (Å²) in [6, 6.07) is 49.6. The van der Waals surface area contributed by atoms with Crippen molar-refractivity contribution in [3.05, 3.63) is 146 Å². The number of rotatable bonds is 2. The SMILES string of the molecule is c1cnc2c(c1)ccc1ccc(-c3ccc4c(c3)oc3cc(-c5ccc6c7ccccc7c7ccccc7c6c5)ccc34)nc12. The summed E-state index contributed by atoms with van der Waals surface area (Å²) in [6.07, 6.45) is 1.83. The Morgan fingerprint density at radius 1 is 0.378 bits per heavy atom. The summed E-state index contributed by atoms with van der Waals surface area (Å²) in [5, 5.41) is 12.1. The normalized spacial score (nSPS) is 12.0. The van der Waals surface area contributed by atoms with E-state index >= 15 is 0 Å². The van der Waals surface area contributed by atoms with Gasteiger partial charge in [0.2, 0.25) is 0 Å². The number of pyridine rings is 2. The first-order valence-corrected chi connectivity index (χ1v) is 15.2. The van der Waals surface area contributed by atoms with Crippen molar-refractivity contribution in [3.8, 4) is 22.4 Å². The average Bonchev–Trinajstić information content (AvgIpc) is 3.48. The Labute approximate surface area is 258 Å². The van der Waals surface area contributed by atoms with Crippen molar-refractivity contribution in [2.45, 2.75) is 0 Å².